The Kier molecular flexibility index (Phi) is 5.44. The Morgan fingerprint density at radius 2 is 1.92 bits per heavy atom. The summed E-state index contributed by atoms with van der Waals surface area (Å²) >= 11 is 0. The number of carbonyl (C=O) groups is 1. The minimum absolute atomic E-state index is 0.154. The number of nitrogens with one attached hydrogen (secondary N) is 2. The van der Waals surface area contributed by atoms with Crippen molar-refractivity contribution >= 4 is 21.7 Å². The fourth-order valence-electron chi connectivity index (χ4n) is 2.55. The summed E-state index contributed by atoms with van der Waals surface area (Å²) in [5.41, 5.74) is 0.0989. The van der Waals surface area contributed by atoms with Crippen molar-refractivity contribution in [1.29, 1.82) is 0 Å². The molecule has 1 aromatic carbocycles. The minimum Gasteiger partial charge on any atom is -0.335 e. The maximum Gasteiger partial charge on any atom is 0.319 e. The molecule has 9 heteroatoms. The first-order valence-corrected chi connectivity index (χ1v) is 9.41. The van der Waals surface area contributed by atoms with Gasteiger partial charge in [0.25, 0.3) is 5.92 Å². The van der Waals surface area contributed by atoms with E-state index in [1.807, 2.05) is 0 Å². The topological polar surface area (TPSA) is 78.5 Å². The van der Waals surface area contributed by atoms with Gasteiger partial charge in [0.15, 0.2) is 0 Å². The third-order valence-electron chi connectivity index (χ3n) is 3.89. The van der Waals surface area contributed by atoms with Gasteiger partial charge in [-0.25, -0.2) is 26.3 Å². The summed E-state index contributed by atoms with van der Waals surface area (Å²) in [4.78, 5) is 12.0. The van der Waals surface area contributed by atoms with Gasteiger partial charge in [-0.2, -0.15) is 0 Å². The van der Waals surface area contributed by atoms with Crippen molar-refractivity contribution in [1.82, 2.24) is 9.62 Å². The number of rotatable bonds is 4. The molecule has 2 N–H and O–H groups in total. The second-order valence-electron chi connectivity index (χ2n) is 6.00. The molecule has 0 spiro atoms. The summed E-state index contributed by atoms with van der Waals surface area (Å²) in [7, 11) is -3.21. The van der Waals surface area contributed by atoms with Crippen LogP contribution in [-0.2, 0) is 15.9 Å². The standard InChI is InChI=1S/C15H21F2N3O3S/c1-15(16,17)11-4-3-5-13(10-11)19-14(21)18-12-6-8-20(9-7-12)24(2,22)23/h3-5,10,12H,6-9H2,1-2H3,(H2,18,19,21). The Morgan fingerprint density at radius 1 is 1.29 bits per heavy atom. The zero-order valence-corrected chi connectivity index (χ0v) is 14.4. The summed E-state index contributed by atoms with van der Waals surface area (Å²) in [6.07, 6.45) is 2.17. The monoisotopic (exact) mass is 361 g/mol. The molecule has 0 saturated carbocycles. The fourth-order valence-corrected chi connectivity index (χ4v) is 3.43. The second-order valence-corrected chi connectivity index (χ2v) is 7.99. The molecule has 1 aliphatic heterocycles. The smallest absolute Gasteiger partial charge is 0.319 e. The number of nitrogens with zero attached hydrogens (tertiary/aromatic N) is 1. The van der Waals surface area contributed by atoms with Crippen LogP contribution in [0.1, 0.15) is 25.3 Å². The highest BCUT2D eigenvalue weighted by Gasteiger charge is 2.26. The lowest BCUT2D eigenvalue weighted by molar-refractivity contribution is 0.0175. The average molecular weight is 361 g/mol. The highest BCUT2D eigenvalue weighted by atomic mass is 32.2. The molecule has 0 radical (unpaired) electrons. The van der Waals surface area contributed by atoms with Gasteiger partial charge in [0.1, 0.15) is 0 Å². The van der Waals surface area contributed by atoms with E-state index in [-0.39, 0.29) is 17.3 Å². The first-order chi connectivity index (χ1) is 11.1. The van der Waals surface area contributed by atoms with E-state index in [0.29, 0.717) is 25.9 Å². The van der Waals surface area contributed by atoms with Crippen molar-refractivity contribution in [2.75, 3.05) is 24.7 Å². The van der Waals surface area contributed by atoms with Crippen LogP contribution < -0.4 is 10.6 Å². The van der Waals surface area contributed by atoms with E-state index >= 15 is 0 Å². The van der Waals surface area contributed by atoms with Crippen LogP contribution in [0.4, 0.5) is 19.3 Å². The largest absolute Gasteiger partial charge is 0.335 e. The van der Waals surface area contributed by atoms with Crippen LogP contribution in [0, 0.1) is 0 Å². The number of hydrogen-bond donors (Lipinski definition) is 2. The normalized spacial score (nSPS) is 17.5. The fraction of sp³-hybridized carbons (Fsp3) is 0.533. The quantitative estimate of drug-likeness (QED) is 0.864. The number of urea groups is 1. The summed E-state index contributed by atoms with van der Waals surface area (Å²) in [6.45, 7) is 1.49. The zero-order chi connectivity index (χ0) is 18.0. The molecule has 2 amide bonds. The second kappa shape index (κ2) is 7.02. The Bertz CT molecular complexity index is 696. The van der Waals surface area contributed by atoms with E-state index in [0.717, 1.165) is 13.2 Å². The third kappa shape index (κ3) is 5.13. The third-order valence-corrected chi connectivity index (χ3v) is 5.19. The van der Waals surface area contributed by atoms with Crippen LogP contribution in [0.15, 0.2) is 24.3 Å². The Morgan fingerprint density at radius 3 is 2.46 bits per heavy atom. The summed E-state index contributed by atoms with van der Waals surface area (Å²) < 4.78 is 50.8. The van der Waals surface area contributed by atoms with Gasteiger partial charge in [0.05, 0.1) is 6.26 Å². The van der Waals surface area contributed by atoms with Crippen molar-refractivity contribution in [3.8, 4) is 0 Å². The Balaban J connectivity index is 1.89. The van der Waals surface area contributed by atoms with Crippen molar-refractivity contribution in [2.24, 2.45) is 0 Å². The number of carbonyl (C=O) groups excluding carboxylic acids is 1. The molecule has 0 unspecified atom stereocenters. The molecule has 0 bridgehead atoms. The Hall–Kier alpha value is -1.74. The summed E-state index contributed by atoms with van der Waals surface area (Å²) in [5, 5.41) is 5.27. The number of sulfonamides is 1. The van der Waals surface area contributed by atoms with Crippen molar-refractivity contribution in [3.63, 3.8) is 0 Å². The van der Waals surface area contributed by atoms with Gasteiger partial charge in [-0.05, 0) is 25.0 Å². The highest BCUT2D eigenvalue weighted by Crippen LogP contribution is 2.28. The number of benzene rings is 1. The van der Waals surface area contributed by atoms with Gasteiger partial charge in [-0.1, -0.05) is 12.1 Å². The molecular formula is C15H21F2N3O3S. The van der Waals surface area contributed by atoms with Gasteiger partial charge in [-0.15, -0.1) is 0 Å². The molecule has 24 heavy (non-hydrogen) atoms. The summed E-state index contributed by atoms with van der Waals surface area (Å²) in [6, 6.07) is 4.85. The molecule has 1 fully saturated rings. The average Bonchev–Trinajstić information content (AvgIpc) is 2.46. The molecule has 6 nitrogen and oxygen atoms in total. The van der Waals surface area contributed by atoms with Gasteiger partial charge < -0.3 is 10.6 Å². The van der Waals surface area contributed by atoms with Crippen LogP contribution in [-0.4, -0.2) is 44.1 Å². The number of amides is 2. The highest BCUT2D eigenvalue weighted by molar-refractivity contribution is 7.88. The van der Waals surface area contributed by atoms with E-state index < -0.39 is 22.0 Å². The number of piperidine rings is 1. The number of hydrogen-bond acceptors (Lipinski definition) is 3. The lowest BCUT2D eigenvalue weighted by Crippen LogP contribution is -2.47. The van der Waals surface area contributed by atoms with E-state index in [4.69, 9.17) is 0 Å². The zero-order valence-electron chi connectivity index (χ0n) is 13.6. The van der Waals surface area contributed by atoms with E-state index in [9.17, 15) is 22.0 Å². The molecule has 1 saturated heterocycles. The maximum absolute atomic E-state index is 13.3. The van der Waals surface area contributed by atoms with Crippen molar-refractivity contribution in [2.45, 2.75) is 31.7 Å². The molecule has 1 heterocycles. The van der Waals surface area contributed by atoms with Gasteiger partial charge in [-0.3, -0.25) is 0 Å². The molecule has 134 valence electrons. The van der Waals surface area contributed by atoms with E-state index in [1.165, 1.54) is 28.6 Å². The van der Waals surface area contributed by atoms with Gasteiger partial charge in [0.2, 0.25) is 10.0 Å². The molecule has 1 aliphatic rings. The van der Waals surface area contributed by atoms with Crippen LogP contribution in [0.25, 0.3) is 0 Å². The minimum atomic E-state index is -3.21. The molecule has 1 aromatic rings. The van der Waals surface area contributed by atoms with Crippen LogP contribution in [0.2, 0.25) is 0 Å². The van der Waals surface area contributed by atoms with Crippen LogP contribution in [0.3, 0.4) is 0 Å². The van der Waals surface area contributed by atoms with Crippen LogP contribution >= 0.6 is 0 Å². The predicted molar refractivity (Wildman–Crippen MR) is 87.6 cm³/mol. The van der Waals surface area contributed by atoms with Gasteiger partial charge in [0, 0.05) is 37.3 Å². The van der Waals surface area contributed by atoms with Gasteiger partial charge >= 0.3 is 6.03 Å². The summed E-state index contributed by atoms with van der Waals surface area (Å²) in [5.74, 6) is -2.98. The lowest BCUT2D eigenvalue weighted by Gasteiger charge is -2.30. The molecule has 2 rings (SSSR count). The molecular weight excluding hydrogens is 340 g/mol. The number of alkyl halides is 2. The number of anilines is 1. The SMILES string of the molecule is CC(F)(F)c1cccc(NC(=O)NC2CCN(S(C)(=O)=O)CC2)c1. The predicted octanol–water partition coefficient (Wildman–Crippen LogP) is 2.34. The van der Waals surface area contributed by atoms with E-state index in [1.54, 1.807) is 0 Å². The lowest BCUT2D eigenvalue weighted by atomic mass is 10.1. The van der Waals surface area contributed by atoms with Crippen LogP contribution in [0.5, 0.6) is 0 Å². The maximum atomic E-state index is 13.3. The van der Waals surface area contributed by atoms with Crippen molar-refractivity contribution in [3.05, 3.63) is 29.8 Å². The van der Waals surface area contributed by atoms with E-state index in [2.05, 4.69) is 10.6 Å². The van der Waals surface area contributed by atoms with Crippen molar-refractivity contribution < 1.29 is 22.0 Å². The first-order valence-electron chi connectivity index (χ1n) is 7.57. The molecule has 0 atom stereocenters. The number of halogens is 2. The molecule has 0 aromatic heterocycles. The first kappa shape index (κ1) is 18.6. The Labute approximate surface area is 140 Å². The molecule has 0 aliphatic carbocycles.